The number of hydrogen-bond acceptors (Lipinski definition) is 5. The minimum atomic E-state index is -0.319. The number of benzene rings is 1. The van der Waals surface area contributed by atoms with Gasteiger partial charge >= 0.3 is 0 Å². The molecule has 3 rings (SSSR count). The van der Waals surface area contributed by atoms with Gasteiger partial charge in [0.15, 0.2) is 6.29 Å². The molecule has 0 radical (unpaired) electrons. The Kier molecular flexibility index (Phi) is 5.10. The van der Waals surface area contributed by atoms with E-state index in [0.29, 0.717) is 24.1 Å². The Morgan fingerprint density at radius 1 is 1.17 bits per heavy atom. The molecule has 1 saturated heterocycles. The third-order valence-electron chi connectivity index (χ3n) is 3.78. The lowest BCUT2D eigenvalue weighted by Crippen LogP contribution is -2.37. The summed E-state index contributed by atoms with van der Waals surface area (Å²) in [5.41, 5.74) is 3.08. The number of ether oxygens (including phenoxy) is 2. The van der Waals surface area contributed by atoms with Crippen LogP contribution >= 0.6 is 11.6 Å². The van der Waals surface area contributed by atoms with E-state index in [-0.39, 0.29) is 12.3 Å². The molecule has 0 unspecified atom stereocenters. The fourth-order valence-electron chi connectivity index (χ4n) is 2.45. The van der Waals surface area contributed by atoms with E-state index in [4.69, 9.17) is 21.1 Å². The molecule has 0 aliphatic carbocycles. The zero-order valence-electron chi connectivity index (χ0n) is 13.3. The van der Waals surface area contributed by atoms with Crippen molar-refractivity contribution < 1.29 is 9.47 Å². The van der Waals surface area contributed by atoms with E-state index in [0.717, 1.165) is 17.7 Å². The van der Waals surface area contributed by atoms with Crippen molar-refractivity contribution >= 4 is 17.4 Å². The highest BCUT2D eigenvalue weighted by Crippen LogP contribution is 2.26. The predicted molar refractivity (Wildman–Crippen MR) is 89.7 cm³/mol. The lowest BCUT2D eigenvalue weighted by Gasteiger charge is -2.30. The van der Waals surface area contributed by atoms with E-state index in [1.807, 2.05) is 19.1 Å². The minimum absolute atomic E-state index is 0.00815. The average molecular weight is 334 g/mol. The third kappa shape index (κ3) is 3.80. The summed E-state index contributed by atoms with van der Waals surface area (Å²) in [5.74, 6) is 0.629. The van der Waals surface area contributed by atoms with Crippen molar-refractivity contribution in [3.63, 3.8) is 0 Å². The molecule has 6 heteroatoms. The van der Waals surface area contributed by atoms with E-state index < -0.39 is 0 Å². The molecule has 1 aromatic heterocycles. The molecule has 23 heavy (non-hydrogen) atoms. The summed E-state index contributed by atoms with van der Waals surface area (Å²) in [5, 5.41) is 3.84. The van der Waals surface area contributed by atoms with Crippen molar-refractivity contribution in [2.45, 2.75) is 32.6 Å². The first-order chi connectivity index (χ1) is 11.2. The number of hydrogen-bond donors (Lipinski definition) is 1. The van der Waals surface area contributed by atoms with Crippen molar-refractivity contribution in [2.75, 3.05) is 18.5 Å². The SMILES string of the molecule is CCc1ncnc(NC2COC(c3ccc(C)cc3)OC2)c1Cl. The van der Waals surface area contributed by atoms with Crippen LogP contribution in [0.3, 0.4) is 0 Å². The summed E-state index contributed by atoms with van der Waals surface area (Å²) >= 11 is 6.30. The Morgan fingerprint density at radius 3 is 2.52 bits per heavy atom. The van der Waals surface area contributed by atoms with Crippen LogP contribution in [0.2, 0.25) is 5.02 Å². The van der Waals surface area contributed by atoms with Crippen LogP contribution in [0.5, 0.6) is 0 Å². The first-order valence-electron chi connectivity index (χ1n) is 7.73. The lowest BCUT2D eigenvalue weighted by atomic mass is 10.1. The second-order valence-electron chi connectivity index (χ2n) is 5.59. The summed E-state index contributed by atoms with van der Waals surface area (Å²) in [6.07, 6.45) is 1.97. The zero-order valence-corrected chi connectivity index (χ0v) is 14.0. The van der Waals surface area contributed by atoms with Gasteiger partial charge in [0.1, 0.15) is 17.2 Å². The van der Waals surface area contributed by atoms with Gasteiger partial charge in [0.05, 0.1) is 24.9 Å². The van der Waals surface area contributed by atoms with E-state index in [1.54, 1.807) is 0 Å². The summed E-state index contributed by atoms with van der Waals surface area (Å²) in [6.45, 7) is 5.12. The highest BCUT2D eigenvalue weighted by molar-refractivity contribution is 6.33. The molecule has 5 nitrogen and oxygen atoms in total. The molecule has 1 aliphatic heterocycles. The largest absolute Gasteiger partial charge is 0.361 e. The van der Waals surface area contributed by atoms with Crippen LogP contribution in [0, 0.1) is 6.92 Å². The van der Waals surface area contributed by atoms with Crippen molar-refractivity contribution in [1.29, 1.82) is 0 Å². The maximum atomic E-state index is 6.30. The molecule has 0 atom stereocenters. The highest BCUT2D eigenvalue weighted by Gasteiger charge is 2.24. The molecule has 1 aliphatic rings. The molecule has 0 saturated carbocycles. The normalized spacial score (nSPS) is 21.2. The van der Waals surface area contributed by atoms with E-state index in [1.165, 1.54) is 11.9 Å². The Bertz CT molecular complexity index is 655. The number of halogens is 1. The summed E-state index contributed by atoms with van der Waals surface area (Å²) in [6, 6.07) is 8.18. The van der Waals surface area contributed by atoms with Crippen LogP contribution in [0.1, 0.15) is 30.0 Å². The molecular formula is C17H20ClN3O2. The van der Waals surface area contributed by atoms with E-state index >= 15 is 0 Å². The zero-order chi connectivity index (χ0) is 16.2. The smallest absolute Gasteiger partial charge is 0.184 e. The molecule has 1 N–H and O–H groups in total. The number of aromatic nitrogens is 2. The van der Waals surface area contributed by atoms with Gasteiger partial charge in [-0.3, -0.25) is 0 Å². The van der Waals surface area contributed by atoms with Crippen molar-refractivity contribution in [3.8, 4) is 0 Å². The molecule has 0 spiro atoms. The quantitative estimate of drug-likeness (QED) is 0.927. The van der Waals surface area contributed by atoms with Gasteiger partial charge in [-0.25, -0.2) is 9.97 Å². The molecule has 0 bridgehead atoms. The second-order valence-corrected chi connectivity index (χ2v) is 5.97. The van der Waals surface area contributed by atoms with E-state index in [2.05, 4.69) is 34.3 Å². The standard InChI is InChI=1S/C17H20ClN3O2/c1-3-14-15(18)16(20-10-19-14)21-13-8-22-17(23-9-13)12-6-4-11(2)5-7-12/h4-7,10,13,17H,3,8-9H2,1-2H3,(H,19,20,21). The predicted octanol–water partition coefficient (Wildman–Crippen LogP) is 3.53. The van der Waals surface area contributed by atoms with Crippen LogP contribution in [0.15, 0.2) is 30.6 Å². The molecule has 122 valence electrons. The van der Waals surface area contributed by atoms with Crippen LogP contribution in [-0.4, -0.2) is 29.2 Å². The van der Waals surface area contributed by atoms with Gasteiger partial charge in [-0.1, -0.05) is 48.4 Å². The fraction of sp³-hybridized carbons (Fsp3) is 0.412. The maximum Gasteiger partial charge on any atom is 0.184 e. The van der Waals surface area contributed by atoms with Crippen molar-refractivity contribution in [3.05, 3.63) is 52.4 Å². The molecular weight excluding hydrogens is 314 g/mol. The third-order valence-corrected chi connectivity index (χ3v) is 4.18. The monoisotopic (exact) mass is 333 g/mol. The van der Waals surface area contributed by atoms with Gasteiger partial charge in [-0.05, 0) is 13.3 Å². The van der Waals surface area contributed by atoms with Crippen LogP contribution < -0.4 is 5.32 Å². The minimum Gasteiger partial charge on any atom is -0.361 e. The number of anilines is 1. The number of nitrogens with zero attached hydrogens (tertiary/aromatic N) is 2. The Hall–Kier alpha value is -1.69. The fourth-order valence-corrected chi connectivity index (χ4v) is 2.74. The summed E-state index contributed by atoms with van der Waals surface area (Å²) < 4.78 is 11.6. The van der Waals surface area contributed by atoms with Gasteiger partial charge in [-0.15, -0.1) is 0 Å². The number of nitrogens with one attached hydrogen (secondary N) is 1. The molecule has 1 fully saturated rings. The second kappa shape index (κ2) is 7.25. The van der Waals surface area contributed by atoms with Crippen molar-refractivity contribution in [2.24, 2.45) is 0 Å². The topological polar surface area (TPSA) is 56.3 Å². The summed E-state index contributed by atoms with van der Waals surface area (Å²) in [4.78, 5) is 8.37. The van der Waals surface area contributed by atoms with Crippen LogP contribution in [0.4, 0.5) is 5.82 Å². The van der Waals surface area contributed by atoms with E-state index in [9.17, 15) is 0 Å². The number of aryl methyl sites for hydroxylation is 2. The van der Waals surface area contributed by atoms with Gasteiger partial charge in [0.25, 0.3) is 0 Å². The van der Waals surface area contributed by atoms with Gasteiger partial charge < -0.3 is 14.8 Å². The maximum absolute atomic E-state index is 6.30. The first-order valence-corrected chi connectivity index (χ1v) is 8.11. The highest BCUT2D eigenvalue weighted by atomic mass is 35.5. The van der Waals surface area contributed by atoms with Gasteiger partial charge in [0, 0.05) is 5.56 Å². The molecule has 2 aromatic rings. The lowest BCUT2D eigenvalue weighted by molar-refractivity contribution is -0.187. The van der Waals surface area contributed by atoms with Crippen molar-refractivity contribution in [1.82, 2.24) is 9.97 Å². The average Bonchev–Trinajstić information content (AvgIpc) is 2.58. The Labute approximate surface area is 141 Å². The van der Waals surface area contributed by atoms with Gasteiger partial charge in [-0.2, -0.15) is 0 Å². The van der Waals surface area contributed by atoms with Crippen LogP contribution in [-0.2, 0) is 15.9 Å². The molecule has 1 aromatic carbocycles. The number of rotatable bonds is 4. The van der Waals surface area contributed by atoms with Gasteiger partial charge in [0.2, 0.25) is 0 Å². The Morgan fingerprint density at radius 2 is 1.87 bits per heavy atom. The summed E-state index contributed by atoms with van der Waals surface area (Å²) in [7, 11) is 0. The Balaban J connectivity index is 1.60. The molecule has 0 amide bonds. The first kappa shape index (κ1) is 16.2. The van der Waals surface area contributed by atoms with Crippen LogP contribution in [0.25, 0.3) is 0 Å². The molecule has 2 heterocycles.